The van der Waals surface area contributed by atoms with E-state index >= 15 is 0 Å². The Balaban J connectivity index is 1.66. The average Bonchev–Trinajstić information content (AvgIpc) is 3.40. The first-order valence-corrected chi connectivity index (χ1v) is 10.9. The summed E-state index contributed by atoms with van der Waals surface area (Å²) in [6.45, 7) is 3.89. The van der Waals surface area contributed by atoms with Crippen LogP contribution in [0.5, 0.6) is 0 Å². The summed E-state index contributed by atoms with van der Waals surface area (Å²) in [5.74, 6) is -0.465. The lowest BCUT2D eigenvalue weighted by molar-refractivity contribution is 0.0526. The van der Waals surface area contributed by atoms with Gasteiger partial charge in [-0.2, -0.15) is 0 Å². The van der Waals surface area contributed by atoms with Gasteiger partial charge in [-0.3, -0.25) is 0 Å². The van der Waals surface area contributed by atoms with Crippen LogP contribution in [0.15, 0.2) is 27.6 Å². The minimum absolute atomic E-state index is 0.0448. The quantitative estimate of drug-likeness (QED) is 0.701. The summed E-state index contributed by atoms with van der Waals surface area (Å²) < 4.78 is 33.5. The predicted molar refractivity (Wildman–Crippen MR) is 98.0 cm³/mol. The van der Waals surface area contributed by atoms with Gasteiger partial charge in [-0.05, 0) is 79.8 Å². The van der Waals surface area contributed by atoms with Crippen LogP contribution in [0.1, 0.15) is 43.0 Å². The smallest absolute Gasteiger partial charge is 0.338 e. The van der Waals surface area contributed by atoms with Gasteiger partial charge in [-0.25, -0.2) is 17.9 Å². The molecule has 1 aromatic rings. The third-order valence-corrected chi connectivity index (χ3v) is 7.14. The molecule has 1 aliphatic heterocycles. The van der Waals surface area contributed by atoms with E-state index in [1.54, 1.807) is 6.92 Å². The van der Waals surface area contributed by atoms with Crippen LogP contribution in [-0.2, 0) is 14.8 Å². The first-order chi connectivity index (χ1) is 11.9. The molecular weight excluding hydrogens is 408 g/mol. The lowest BCUT2D eigenvalue weighted by atomic mass is 10.1. The third-order valence-electron chi connectivity index (χ3n) is 4.65. The topological polar surface area (TPSA) is 75.7 Å². The number of hydrogen-bond acceptors (Lipinski definition) is 5. The first-order valence-electron chi connectivity index (χ1n) is 8.63. The SMILES string of the molecule is CCOC(=O)c1ccc(S(=O)(=O)NC2CCN(C3CC3)CC2)c(Br)c1. The summed E-state index contributed by atoms with van der Waals surface area (Å²) in [5, 5.41) is 0. The van der Waals surface area contributed by atoms with E-state index < -0.39 is 16.0 Å². The van der Waals surface area contributed by atoms with E-state index in [1.165, 1.54) is 31.0 Å². The molecule has 1 aliphatic carbocycles. The number of piperidine rings is 1. The van der Waals surface area contributed by atoms with Gasteiger partial charge in [0.2, 0.25) is 10.0 Å². The molecule has 138 valence electrons. The highest BCUT2D eigenvalue weighted by atomic mass is 79.9. The number of benzene rings is 1. The van der Waals surface area contributed by atoms with Gasteiger partial charge in [-0.1, -0.05) is 0 Å². The molecule has 1 saturated heterocycles. The Morgan fingerprint density at radius 3 is 2.52 bits per heavy atom. The fourth-order valence-electron chi connectivity index (χ4n) is 3.17. The van der Waals surface area contributed by atoms with Crippen molar-refractivity contribution in [3.63, 3.8) is 0 Å². The van der Waals surface area contributed by atoms with Crippen molar-refractivity contribution in [3.05, 3.63) is 28.2 Å². The molecule has 1 saturated carbocycles. The van der Waals surface area contributed by atoms with Crippen molar-refractivity contribution in [2.45, 2.75) is 49.6 Å². The van der Waals surface area contributed by atoms with Crippen LogP contribution in [0.4, 0.5) is 0 Å². The third kappa shape index (κ3) is 4.61. The fraction of sp³-hybridized carbons (Fsp3) is 0.588. The highest BCUT2D eigenvalue weighted by Gasteiger charge is 2.33. The largest absolute Gasteiger partial charge is 0.462 e. The second-order valence-electron chi connectivity index (χ2n) is 6.53. The molecule has 0 atom stereocenters. The van der Waals surface area contributed by atoms with E-state index in [9.17, 15) is 13.2 Å². The van der Waals surface area contributed by atoms with E-state index in [2.05, 4.69) is 25.6 Å². The minimum Gasteiger partial charge on any atom is -0.462 e. The maximum absolute atomic E-state index is 12.7. The Labute approximate surface area is 157 Å². The lowest BCUT2D eigenvalue weighted by Gasteiger charge is -2.32. The predicted octanol–water partition coefficient (Wildman–Crippen LogP) is 2.53. The van der Waals surface area contributed by atoms with Crippen molar-refractivity contribution in [1.29, 1.82) is 0 Å². The molecule has 3 rings (SSSR count). The normalized spacial score (nSPS) is 19.8. The number of esters is 1. The summed E-state index contributed by atoms with van der Waals surface area (Å²) in [6.07, 6.45) is 4.20. The van der Waals surface area contributed by atoms with Crippen molar-refractivity contribution in [1.82, 2.24) is 9.62 Å². The van der Waals surface area contributed by atoms with Gasteiger partial charge < -0.3 is 9.64 Å². The van der Waals surface area contributed by atoms with Crippen LogP contribution in [0.2, 0.25) is 0 Å². The van der Waals surface area contributed by atoms with Crippen LogP contribution in [-0.4, -0.2) is 51.1 Å². The summed E-state index contributed by atoms with van der Waals surface area (Å²) in [6, 6.07) is 5.09. The molecule has 2 fully saturated rings. The second-order valence-corrected chi connectivity index (χ2v) is 9.07. The zero-order valence-electron chi connectivity index (χ0n) is 14.2. The maximum atomic E-state index is 12.7. The van der Waals surface area contributed by atoms with Gasteiger partial charge in [-0.15, -0.1) is 0 Å². The zero-order valence-corrected chi connectivity index (χ0v) is 16.6. The molecule has 0 aromatic heterocycles. The molecule has 0 spiro atoms. The van der Waals surface area contributed by atoms with Crippen LogP contribution < -0.4 is 4.72 Å². The molecule has 1 heterocycles. The number of rotatable bonds is 6. The summed E-state index contributed by atoms with van der Waals surface area (Å²) in [5.41, 5.74) is 0.324. The van der Waals surface area contributed by atoms with Gasteiger partial charge >= 0.3 is 5.97 Å². The Bertz CT molecular complexity index is 741. The molecule has 0 bridgehead atoms. The van der Waals surface area contributed by atoms with Crippen molar-refractivity contribution >= 4 is 31.9 Å². The van der Waals surface area contributed by atoms with Crippen molar-refractivity contribution < 1.29 is 17.9 Å². The fourth-order valence-corrected chi connectivity index (χ4v) is 5.55. The van der Waals surface area contributed by atoms with Crippen LogP contribution in [0, 0.1) is 0 Å². The number of nitrogens with one attached hydrogen (secondary N) is 1. The molecule has 0 amide bonds. The molecule has 1 N–H and O–H groups in total. The van der Waals surface area contributed by atoms with Gasteiger partial charge in [0.1, 0.15) is 0 Å². The van der Waals surface area contributed by atoms with Crippen molar-refractivity contribution in [2.75, 3.05) is 19.7 Å². The number of carbonyl (C=O) groups is 1. The van der Waals surface area contributed by atoms with Gasteiger partial charge in [0, 0.05) is 16.6 Å². The number of nitrogens with zero attached hydrogens (tertiary/aromatic N) is 1. The summed E-state index contributed by atoms with van der Waals surface area (Å²) in [4.78, 5) is 14.3. The number of sulfonamides is 1. The molecule has 2 aliphatic rings. The molecule has 1 aromatic carbocycles. The lowest BCUT2D eigenvalue weighted by Crippen LogP contribution is -2.45. The summed E-state index contributed by atoms with van der Waals surface area (Å²) >= 11 is 3.27. The minimum atomic E-state index is -3.63. The van der Waals surface area contributed by atoms with Crippen LogP contribution in [0.3, 0.4) is 0 Å². The number of ether oxygens (including phenoxy) is 1. The summed E-state index contributed by atoms with van der Waals surface area (Å²) in [7, 11) is -3.63. The highest BCUT2D eigenvalue weighted by Crippen LogP contribution is 2.30. The van der Waals surface area contributed by atoms with E-state index in [4.69, 9.17) is 4.74 Å². The van der Waals surface area contributed by atoms with Gasteiger partial charge in [0.05, 0.1) is 17.1 Å². The Morgan fingerprint density at radius 2 is 1.96 bits per heavy atom. The Hall–Kier alpha value is -0.960. The number of halogens is 1. The average molecular weight is 431 g/mol. The van der Waals surface area contributed by atoms with Crippen molar-refractivity contribution in [2.24, 2.45) is 0 Å². The standard InChI is InChI=1S/C17H23BrN2O4S/c1-2-24-17(21)12-3-6-16(15(18)11-12)25(22,23)19-13-7-9-20(10-8-13)14-4-5-14/h3,6,11,13-14,19H,2,4-5,7-10H2,1H3. The number of carbonyl (C=O) groups excluding carboxylic acids is 1. The molecule has 8 heteroatoms. The second kappa shape index (κ2) is 7.73. The Morgan fingerprint density at radius 1 is 1.28 bits per heavy atom. The number of hydrogen-bond donors (Lipinski definition) is 1. The highest BCUT2D eigenvalue weighted by molar-refractivity contribution is 9.10. The first kappa shape index (κ1) is 18.8. The van der Waals surface area contributed by atoms with Gasteiger partial charge in [0.25, 0.3) is 0 Å². The van der Waals surface area contributed by atoms with Crippen molar-refractivity contribution in [3.8, 4) is 0 Å². The van der Waals surface area contributed by atoms with E-state index in [0.717, 1.165) is 32.0 Å². The van der Waals surface area contributed by atoms with E-state index in [1.807, 2.05) is 0 Å². The maximum Gasteiger partial charge on any atom is 0.338 e. The molecule has 25 heavy (non-hydrogen) atoms. The van der Waals surface area contributed by atoms with Crippen LogP contribution >= 0.6 is 15.9 Å². The molecule has 0 unspecified atom stereocenters. The monoisotopic (exact) mass is 430 g/mol. The van der Waals surface area contributed by atoms with E-state index in [-0.39, 0.29) is 17.5 Å². The molecule has 6 nitrogen and oxygen atoms in total. The molecular formula is C17H23BrN2O4S. The molecule has 0 radical (unpaired) electrons. The zero-order chi connectivity index (χ0) is 18.0. The van der Waals surface area contributed by atoms with Gasteiger partial charge in [0.15, 0.2) is 0 Å². The number of likely N-dealkylation sites (tertiary alicyclic amines) is 1. The Kier molecular flexibility index (Phi) is 5.82. The van der Waals surface area contributed by atoms with E-state index in [0.29, 0.717) is 10.0 Å². The van der Waals surface area contributed by atoms with Crippen LogP contribution in [0.25, 0.3) is 0 Å².